The minimum atomic E-state index is -0.0411. The van der Waals surface area contributed by atoms with Gasteiger partial charge in [0, 0.05) is 7.11 Å². The van der Waals surface area contributed by atoms with Crippen molar-refractivity contribution < 1.29 is 9.47 Å². The predicted octanol–water partition coefficient (Wildman–Crippen LogP) is 3.14. The topological polar surface area (TPSA) is 30.5 Å². The summed E-state index contributed by atoms with van der Waals surface area (Å²) < 4.78 is 11.2. The van der Waals surface area contributed by atoms with Crippen molar-refractivity contribution in [3.05, 3.63) is 28.8 Å². The molecule has 1 unspecified atom stereocenters. The van der Waals surface area contributed by atoms with Crippen LogP contribution in [0.25, 0.3) is 0 Å². The molecule has 1 aromatic rings. The molecule has 1 atom stereocenters. The lowest BCUT2D eigenvalue weighted by atomic mass is 9.71. The van der Waals surface area contributed by atoms with Crippen molar-refractivity contribution in [1.82, 2.24) is 5.32 Å². The van der Waals surface area contributed by atoms with Crippen molar-refractivity contribution in [3.63, 3.8) is 0 Å². The van der Waals surface area contributed by atoms with E-state index in [1.54, 1.807) is 7.11 Å². The van der Waals surface area contributed by atoms with Crippen LogP contribution in [0.2, 0.25) is 0 Å². The molecule has 1 aliphatic carbocycles. The van der Waals surface area contributed by atoms with Crippen LogP contribution < -0.4 is 10.1 Å². The first-order chi connectivity index (χ1) is 9.07. The average Bonchev–Trinajstić information content (AvgIpc) is 2.36. The van der Waals surface area contributed by atoms with Gasteiger partial charge >= 0.3 is 0 Å². The Labute approximate surface area is 116 Å². The molecule has 2 rings (SSSR count). The maximum atomic E-state index is 5.84. The number of hydrogen-bond acceptors (Lipinski definition) is 3. The molecule has 19 heavy (non-hydrogen) atoms. The van der Waals surface area contributed by atoms with Gasteiger partial charge < -0.3 is 14.8 Å². The summed E-state index contributed by atoms with van der Waals surface area (Å²) in [5.41, 5.74) is 3.71. The van der Waals surface area contributed by atoms with Gasteiger partial charge in [-0.25, -0.2) is 0 Å². The smallest absolute Gasteiger partial charge is 0.122 e. The minimum Gasteiger partial charge on any atom is -0.496 e. The highest BCUT2D eigenvalue weighted by Crippen LogP contribution is 2.46. The van der Waals surface area contributed by atoms with Gasteiger partial charge in [0.05, 0.1) is 18.8 Å². The van der Waals surface area contributed by atoms with Gasteiger partial charge in [-0.1, -0.05) is 6.07 Å². The fourth-order valence-electron chi connectivity index (χ4n) is 3.18. The average molecular weight is 263 g/mol. The number of hydrogen-bond donors (Lipinski definition) is 1. The first-order valence-electron chi connectivity index (χ1n) is 6.95. The lowest BCUT2D eigenvalue weighted by molar-refractivity contribution is -0.0984. The number of methoxy groups -OCH3 is 2. The highest BCUT2D eigenvalue weighted by molar-refractivity contribution is 5.44. The molecule has 0 aromatic heterocycles. The molecule has 1 aliphatic rings. The van der Waals surface area contributed by atoms with Gasteiger partial charge in [-0.2, -0.15) is 0 Å². The van der Waals surface area contributed by atoms with E-state index in [-0.39, 0.29) is 11.6 Å². The third kappa shape index (κ3) is 2.37. The van der Waals surface area contributed by atoms with Crippen molar-refractivity contribution in [2.45, 2.75) is 44.8 Å². The summed E-state index contributed by atoms with van der Waals surface area (Å²) in [6.45, 7) is 4.23. The third-order valence-corrected chi connectivity index (χ3v) is 4.52. The van der Waals surface area contributed by atoms with Crippen molar-refractivity contribution >= 4 is 0 Å². The Morgan fingerprint density at radius 1 is 1.16 bits per heavy atom. The second-order valence-corrected chi connectivity index (χ2v) is 5.52. The van der Waals surface area contributed by atoms with Crippen LogP contribution >= 0.6 is 0 Å². The van der Waals surface area contributed by atoms with Gasteiger partial charge in [-0.05, 0) is 62.9 Å². The second-order valence-electron chi connectivity index (χ2n) is 5.52. The molecule has 1 fully saturated rings. The Hall–Kier alpha value is -1.06. The van der Waals surface area contributed by atoms with E-state index >= 15 is 0 Å². The summed E-state index contributed by atoms with van der Waals surface area (Å²) in [4.78, 5) is 0. The highest BCUT2D eigenvalue weighted by Gasteiger charge is 2.45. The van der Waals surface area contributed by atoms with E-state index in [0.717, 1.165) is 18.6 Å². The van der Waals surface area contributed by atoms with Crippen LogP contribution in [0, 0.1) is 13.8 Å². The second kappa shape index (κ2) is 5.51. The van der Waals surface area contributed by atoms with E-state index in [0.29, 0.717) is 0 Å². The number of rotatable bonds is 5. The summed E-state index contributed by atoms with van der Waals surface area (Å²) in [7, 11) is 5.57. The minimum absolute atomic E-state index is 0.0411. The highest BCUT2D eigenvalue weighted by atomic mass is 16.5. The van der Waals surface area contributed by atoms with Gasteiger partial charge in [-0.3, -0.25) is 0 Å². The van der Waals surface area contributed by atoms with Crippen molar-refractivity contribution in [3.8, 4) is 5.75 Å². The van der Waals surface area contributed by atoms with Gasteiger partial charge in [0.1, 0.15) is 5.75 Å². The molecular weight excluding hydrogens is 238 g/mol. The monoisotopic (exact) mass is 263 g/mol. The van der Waals surface area contributed by atoms with Crippen LogP contribution in [0.3, 0.4) is 0 Å². The molecule has 0 heterocycles. The summed E-state index contributed by atoms with van der Waals surface area (Å²) in [5.74, 6) is 0.955. The Kier molecular flexibility index (Phi) is 4.16. The van der Waals surface area contributed by atoms with Crippen molar-refractivity contribution in [2.75, 3.05) is 21.3 Å². The summed E-state index contributed by atoms with van der Waals surface area (Å²) in [6.07, 6.45) is 3.50. The number of aryl methyl sites for hydroxylation is 2. The number of benzene rings is 1. The maximum Gasteiger partial charge on any atom is 0.122 e. The van der Waals surface area contributed by atoms with E-state index in [1.807, 2.05) is 14.2 Å². The molecule has 1 N–H and O–H groups in total. The molecular formula is C16H25NO2. The summed E-state index contributed by atoms with van der Waals surface area (Å²) >= 11 is 0. The largest absolute Gasteiger partial charge is 0.496 e. The third-order valence-electron chi connectivity index (χ3n) is 4.52. The Morgan fingerprint density at radius 3 is 2.26 bits per heavy atom. The lowest BCUT2D eigenvalue weighted by Gasteiger charge is -2.47. The zero-order chi connectivity index (χ0) is 14.0. The van der Waals surface area contributed by atoms with Crippen LogP contribution in [0.15, 0.2) is 12.1 Å². The molecule has 1 aromatic carbocycles. The van der Waals surface area contributed by atoms with E-state index in [2.05, 4.69) is 31.3 Å². The number of nitrogens with one attached hydrogen (secondary N) is 1. The number of likely N-dealkylation sites (N-methyl/N-ethyl adjacent to an activating group) is 1. The molecule has 0 spiro atoms. The van der Waals surface area contributed by atoms with E-state index < -0.39 is 0 Å². The van der Waals surface area contributed by atoms with E-state index in [4.69, 9.17) is 9.47 Å². The van der Waals surface area contributed by atoms with Crippen molar-refractivity contribution in [2.24, 2.45) is 0 Å². The van der Waals surface area contributed by atoms with Gasteiger partial charge in [-0.15, -0.1) is 0 Å². The first kappa shape index (κ1) is 14.4. The fourth-order valence-corrected chi connectivity index (χ4v) is 3.18. The predicted molar refractivity (Wildman–Crippen MR) is 77.9 cm³/mol. The fraction of sp³-hybridized carbons (Fsp3) is 0.625. The molecule has 3 heteroatoms. The van der Waals surface area contributed by atoms with Gasteiger partial charge in [0.25, 0.3) is 0 Å². The van der Waals surface area contributed by atoms with Crippen LogP contribution in [0.1, 0.15) is 42.0 Å². The molecule has 1 saturated carbocycles. The normalized spacial score (nSPS) is 18.8. The molecule has 0 amide bonds. The standard InChI is InChI=1S/C16H25NO2/c1-11-10-14(18-4)12(2)9-13(11)15(17-3)16(19-5)7-6-8-16/h9-10,15,17H,6-8H2,1-5H3. The summed E-state index contributed by atoms with van der Waals surface area (Å²) in [5, 5.41) is 3.45. The quantitative estimate of drug-likeness (QED) is 0.885. The van der Waals surface area contributed by atoms with Crippen LogP contribution in [-0.4, -0.2) is 26.9 Å². The maximum absolute atomic E-state index is 5.84. The zero-order valence-corrected chi connectivity index (χ0v) is 12.7. The lowest BCUT2D eigenvalue weighted by Crippen LogP contribution is -2.50. The molecule has 3 nitrogen and oxygen atoms in total. The number of ether oxygens (including phenoxy) is 2. The van der Waals surface area contributed by atoms with E-state index in [9.17, 15) is 0 Å². The Bertz CT molecular complexity index is 447. The molecule has 0 saturated heterocycles. The molecule has 0 bridgehead atoms. The van der Waals surface area contributed by atoms with Crippen LogP contribution in [0.5, 0.6) is 5.75 Å². The molecule has 106 valence electrons. The molecule has 0 aliphatic heterocycles. The van der Waals surface area contributed by atoms with E-state index in [1.165, 1.54) is 23.1 Å². The van der Waals surface area contributed by atoms with Gasteiger partial charge in [0.15, 0.2) is 0 Å². The molecule has 0 radical (unpaired) electrons. The van der Waals surface area contributed by atoms with Crippen LogP contribution in [0.4, 0.5) is 0 Å². The van der Waals surface area contributed by atoms with Gasteiger partial charge in [0.2, 0.25) is 0 Å². The first-order valence-corrected chi connectivity index (χ1v) is 6.95. The Balaban J connectivity index is 2.41. The summed E-state index contributed by atoms with van der Waals surface area (Å²) in [6, 6.07) is 4.60. The van der Waals surface area contributed by atoms with Crippen molar-refractivity contribution in [1.29, 1.82) is 0 Å². The Morgan fingerprint density at radius 2 is 1.84 bits per heavy atom. The SMILES string of the molecule is CNC(c1cc(C)c(OC)cc1C)C1(OC)CCC1. The van der Waals surface area contributed by atoms with Crippen LogP contribution in [-0.2, 0) is 4.74 Å². The zero-order valence-electron chi connectivity index (χ0n) is 12.7.